The number of carbonyl (C=O) groups excluding carboxylic acids is 2. The van der Waals surface area contributed by atoms with Gasteiger partial charge in [0.1, 0.15) is 11.4 Å². The Kier molecular flexibility index (Phi) is 4.79. The molecule has 2 amide bonds. The maximum Gasteiger partial charge on any atom is 0.255 e. The molecule has 4 rings (SSSR count). The number of hydrogen-bond donors (Lipinski definition) is 1. The van der Waals surface area contributed by atoms with Crippen LogP contribution in [0.1, 0.15) is 28.8 Å². The van der Waals surface area contributed by atoms with Crippen LogP contribution in [0.15, 0.2) is 48.5 Å². The molecule has 2 aliphatic heterocycles. The molecule has 2 aromatic rings. The van der Waals surface area contributed by atoms with Crippen LogP contribution in [-0.2, 0) is 11.2 Å². The summed E-state index contributed by atoms with van der Waals surface area (Å²) in [5.41, 5.74) is 1.06. The van der Waals surface area contributed by atoms with E-state index in [-0.39, 0.29) is 11.8 Å². The Morgan fingerprint density at radius 1 is 1.11 bits per heavy atom. The average Bonchev–Trinajstić information content (AvgIpc) is 2.81. The first-order valence-electron chi connectivity index (χ1n) is 9.13. The number of nitrogens with zero attached hydrogens (tertiary/aromatic N) is 1. The van der Waals surface area contributed by atoms with Crippen molar-refractivity contribution in [2.45, 2.75) is 24.9 Å². The van der Waals surface area contributed by atoms with Crippen molar-refractivity contribution in [2.75, 3.05) is 19.6 Å². The van der Waals surface area contributed by atoms with E-state index in [1.54, 1.807) is 18.2 Å². The minimum absolute atomic E-state index is 0.102. The number of fused-ring (bicyclic) bond motifs is 1. The third-order valence-electron chi connectivity index (χ3n) is 5.33. The van der Waals surface area contributed by atoms with Gasteiger partial charge in [-0.1, -0.05) is 35.9 Å². The van der Waals surface area contributed by atoms with Crippen LogP contribution in [0, 0.1) is 0 Å². The number of carbonyl (C=O) groups is 2. The van der Waals surface area contributed by atoms with Crippen molar-refractivity contribution in [3.05, 3.63) is 64.7 Å². The molecule has 0 atom stereocenters. The maximum atomic E-state index is 12.6. The third-order valence-corrected chi connectivity index (χ3v) is 5.58. The molecule has 27 heavy (non-hydrogen) atoms. The van der Waals surface area contributed by atoms with Gasteiger partial charge in [-0.3, -0.25) is 9.59 Å². The summed E-state index contributed by atoms with van der Waals surface area (Å²) in [6.45, 7) is 1.69. The Labute approximate surface area is 163 Å². The number of amides is 2. The zero-order valence-corrected chi connectivity index (χ0v) is 15.7. The minimum atomic E-state index is -0.459. The smallest absolute Gasteiger partial charge is 0.255 e. The molecule has 140 valence electrons. The molecule has 2 aliphatic rings. The van der Waals surface area contributed by atoms with E-state index >= 15 is 0 Å². The Morgan fingerprint density at radius 2 is 1.81 bits per heavy atom. The summed E-state index contributed by atoms with van der Waals surface area (Å²) in [5.74, 6) is 0.613. The molecule has 5 nitrogen and oxygen atoms in total. The molecule has 2 heterocycles. The highest BCUT2D eigenvalue weighted by Crippen LogP contribution is 2.33. The first kappa shape index (κ1) is 17.9. The van der Waals surface area contributed by atoms with Crippen molar-refractivity contribution < 1.29 is 14.3 Å². The Hall–Kier alpha value is -2.53. The standard InChI is InChI=1S/C21H21ClN2O3/c22-16-7-5-15(6-8-16)13-19(25)24-11-9-21(10-12-24)14-23-20(26)17-3-1-2-4-18(17)27-21/h1-8H,9-14H2,(H,23,26). The molecule has 0 aliphatic carbocycles. The Balaban J connectivity index is 1.41. The van der Waals surface area contributed by atoms with Gasteiger partial charge in [0.2, 0.25) is 5.91 Å². The van der Waals surface area contributed by atoms with Gasteiger partial charge < -0.3 is 15.0 Å². The van der Waals surface area contributed by atoms with Gasteiger partial charge >= 0.3 is 0 Å². The fraction of sp³-hybridized carbons (Fsp3) is 0.333. The lowest BCUT2D eigenvalue weighted by atomic mass is 9.90. The van der Waals surface area contributed by atoms with Crippen molar-refractivity contribution in [3.8, 4) is 5.75 Å². The lowest BCUT2D eigenvalue weighted by molar-refractivity contribution is -0.133. The van der Waals surface area contributed by atoms with Crippen LogP contribution < -0.4 is 10.1 Å². The quantitative estimate of drug-likeness (QED) is 0.865. The summed E-state index contributed by atoms with van der Waals surface area (Å²) in [5, 5.41) is 3.64. The van der Waals surface area contributed by atoms with Gasteiger partial charge in [0.05, 0.1) is 18.5 Å². The van der Waals surface area contributed by atoms with Gasteiger partial charge in [0.25, 0.3) is 5.91 Å². The highest BCUT2D eigenvalue weighted by molar-refractivity contribution is 6.30. The fourth-order valence-electron chi connectivity index (χ4n) is 3.68. The summed E-state index contributed by atoms with van der Waals surface area (Å²) in [6, 6.07) is 14.7. The molecule has 0 saturated carbocycles. The lowest BCUT2D eigenvalue weighted by Crippen LogP contribution is -2.54. The molecule has 1 fully saturated rings. The SMILES string of the molecule is O=C1NCC2(CCN(C(=O)Cc3ccc(Cl)cc3)CC2)Oc2ccccc21. The van der Waals surface area contributed by atoms with Gasteiger partial charge in [-0.25, -0.2) is 0 Å². The van der Waals surface area contributed by atoms with Crippen LogP contribution in [0.3, 0.4) is 0 Å². The van der Waals surface area contributed by atoms with Crippen LogP contribution in [-0.4, -0.2) is 41.9 Å². The summed E-state index contributed by atoms with van der Waals surface area (Å²) in [4.78, 5) is 26.8. The van der Waals surface area contributed by atoms with E-state index in [4.69, 9.17) is 16.3 Å². The van der Waals surface area contributed by atoms with Crippen molar-refractivity contribution in [2.24, 2.45) is 0 Å². The number of halogens is 1. The van der Waals surface area contributed by atoms with Gasteiger partial charge in [-0.15, -0.1) is 0 Å². The highest BCUT2D eigenvalue weighted by Gasteiger charge is 2.40. The predicted molar refractivity (Wildman–Crippen MR) is 103 cm³/mol. The summed E-state index contributed by atoms with van der Waals surface area (Å²) >= 11 is 5.90. The molecular weight excluding hydrogens is 364 g/mol. The monoisotopic (exact) mass is 384 g/mol. The number of hydrogen-bond acceptors (Lipinski definition) is 3. The molecule has 1 saturated heterocycles. The van der Waals surface area contributed by atoms with E-state index in [2.05, 4.69) is 5.32 Å². The lowest BCUT2D eigenvalue weighted by Gasteiger charge is -2.41. The fourth-order valence-corrected chi connectivity index (χ4v) is 3.81. The zero-order chi connectivity index (χ0) is 18.9. The van der Waals surface area contributed by atoms with Crippen LogP contribution in [0.2, 0.25) is 5.02 Å². The van der Waals surface area contributed by atoms with Crippen LogP contribution in [0.25, 0.3) is 0 Å². The average molecular weight is 385 g/mol. The maximum absolute atomic E-state index is 12.6. The molecule has 1 N–H and O–H groups in total. The molecule has 6 heteroatoms. The van der Waals surface area contributed by atoms with Gasteiger partial charge in [0, 0.05) is 31.0 Å². The highest BCUT2D eigenvalue weighted by atomic mass is 35.5. The molecule has 2 aromatic carbocycles. The van der Waals surface area contributed by atoms with Crippen molar-refractivity contribution in [1.29, 1.82) is 0 Å². The molecule has 1 spiro atoms. The first-order valence-corrected chi connectivity index (χ1v) is 9.51. The van der Waals surface area contributed by atoms with E-state index in [0.717, 1.165) is 5.56 Å². The number of nitrogens with one attached hydrogen (secondary N) is 1. The van der Waals surface area contributed by atoms with E-state index in [1.165, 1.54) is 0 Å². The summed E-state index contributed by atoms with van der Waals surface area (Å²) in [6.07, 6.45) is 1.74. The van der Waals surface area contributed by atoms with Gasteiger partial charge in [0.15, 0.2) is 0 Å². The topological polar surface area (TPSA) is 58.6 Å². The van der Waals surface area contributed by atoms with E-state index in [9.17, 15) is 9.59 Å². The second-order valence-electron chi connectivity index (χ2n) is 7.15. The number of ether oxygens (including phenoxy) is 1. The van der Waals surface area contributed by atoms with Crippen LogP contribution >= 0.6 is 11.6 Å². The number of piperidine rings is 1. The number of likely N-dealkylation sites (tertiary alicyclic amines) is 1. The van der Waals surface area contributed by atoms with Gasteiger partial charge in [-0.2, -0.15) is 0 Å². The largest absolute Gasteiger partial charge is 0.484 e. The molecular formula is C21H21ClN2O3. The third kappa shape index (κ3) is 3.78. The van der Waals surface area contributed by atoms with Crippen LogP contribution in [0.5, 0.6) is 5.75 Å². The molecule has 0 bridgehead atoms. The van der Waals surface area contributed by atoms with Crippen LogP contribution in [0.4, 0.5) is 0 Å². The van der Waals surface area contributed by atoms with Crippen molar-refractivity contribution in [1.82, 2.24) is 10.2 Å². The van der Waals surface area contributed by atoms with Crippen molar-refractivity contribution >= 4 is 23.4 Å². The molecule has 0 aromatic heterocycles. The van der Waals surface area contributed by atoms with Crippen molar-refractivity contribution in [3.63, 3.8) is 0 Å². The number of rotatable bonds is 2. The molecule has 0 unspecified atom stereocenters. The normalized spacial score (nSPS) is 18.3. The molecule has 0 radical (unpaired) electrons. The van der Waals surface area contributed by atoms with E-state index in [1.807, 2.05) is 35.2 Å². The summed E-state index contributed by atoms with van der Waals surface area (Å²) < 4.78 is 6.28. The minimum Gasteiger partial charge on any atom is -0.484 e. The van der Waals surface area contributed by atoms with Gasteiger partial charge in [-0.05, 0) is 29.8 Å². The second kappa shape index (κ2) is 7.24. The Morgan fingerprint density at radius 3 is 2.56 bits per heavy atom. The Bertz CT molecular complexity index is 858. The zero-order valence-electron chi connectivity index (χ0n) is 14.9. The van der Waals surface area contributed by atoms with E-state index in [0.29, 0.717) is 55.2 Å². The number of benzene rings is 2. The van der Waals surface area contributed by atoms with E-state index < -0.39 is 5.60 Å². The first-order chi connectivity index (χ1) is 13.0. The second-order valence-corrected chi connectivity index (χ2v) is 7.58. The summed E-state index contributed by atoms with van der Waals surface area (Å²) in [7, 11) is 0. The number of para-hydroxylation sites is 1. The predicted octanol–water partition coefficient (Wildman–Crippen LogP) is 3.07.